The van der Waals surface area contributed by atoms with Gasteiger partial charge in [0.2, 0.25) is 0 Å². The summed E-state index contributed by atoms with van der Waals surface area (Å²) >= 11 is 0. The van der Waals surface area contributed by atoms with Crippen molar-refractivity contribution in [2.45, 2.75) is 57.9 Å². The molecule has 0 N–H and O–H groups in total. The van der Waals surface area contributed by atoms with Crippen LogP contribution in [0.1, 0.15) is 56.9 Å². The topological polar surface area (TPSA) is 40.4 Å². The number of aromatic nitrogens is 3. The van der Waals surface area contributed by atoms with Gasteiger partial charge in [-0.05, 0) is 74.7 Å². The quantitative estimate of drug-likeness (QED) is 0.520. The summed E-state index contributed by atoms with van der Waals surface area (Å²) in [4.78, 5) is 12.7. The van der Waals surface area contributed by atoms with Crippen molar-refractivity contribution in [2.24, 2.45) is 12.5 Å². The molecule has 3 aromatic rings. The third-order valence-corrected chi connectivity index (χ3v) is 8.87. The maximum absolute atomic E-state index is 5.08. The highest BCUT2D eigenvalue weighted by Crippen LogP contribution is 2.43. The summed E-state index contributed by atoms with van der Waals surface area (Å²) in [7, 11) is 2.05. The van der Waals surface area contributed by atoms with Gasteiger partial charge in [0.1, 0.15) is 5.82 Å². The number of hydrogen-bond donors (Lipinski definition) is 0. The highest BCUT2D eigenvalue weighted by atomic mass is 15.4. The number of aryl methyl sites for hydroxylation is 1. The number of fused-ring (bicyclic) bond motifs is 1. The van der Waals surface area contributed by atoms with Crippen LogP contribution >= 0.6 is 0 Å². The number of piperidine rings is 2. The molecule has 5 heterocycles. The van der Waals surface area contributed by atoms with Crippen LogP contribution in [-0.4, -0.2) is 58.9 Å². The van der Waals surface area contributed by atoms with Crippen LogP contribution in [0.15, 0.2) is 42.5 Å². The molecule has 3 fully saturated rings. The van der Waals surface area contributed by atoms with E-state index in [1.165, 1.54) is 75.4 Å². The molecule has 0 atom stereocenters. The molecule has 35 heavy (non-hydrogen) atoms. The van der Waals surface area contributed by atoms with E-state index in [9.17, 15) is 0 Å². The van der Waals surface area contributed by atoms with E-state index >= 15 is 0 Å². The number of anilines is 2. The summed E-state index contributed by atoms with van der Waals surface area (Å²) in [5.41, 5.74) is 2.98. The number of pyridine rings is 1. The maximum Gasteiger partial charge on any atom is 0.162 e. The van der Waals surface area contributed by atoms with Gasteiger partial charge in [0.25, 0.3) is 0 Å². The first-order valence-corrected chi connectivity index (χ1v) is 13.8. The third kappa shape index (κ3) is 4.77. The van der Waals surface area contributed by atoms with Crippen LogP contribution in [0.3, 0.4) is 0 Å². The van der Waals surface area contributed by atoms with E-state index in [0.29, 0.717) is 5.41 Å². The van der Waals surface area contributed by atoms with Crippen molar-refractivity contribution in [3.63, 3.8) is 0 Å². The number of benzene rings is 1. The van der Waals surface area contributed by atoms with Crippen LogP contribution in [0, 0.1) is 5.41 Å². The van der Waals surface area contributed by atoms with Crippen molar-refractivity contribution >= 4 is 22.7 Å². The summed E-state index contributed by atoms with van der Waals surface area (Å²) in [6.45, 7) is 8.02. The lowest BCUT2D eigenvalue weighted by Gasteiger charge is -2.47. The van der Waals surface area contributed by atoms with E-state index < -0.39 is 0 Å². The average Bonchev–Trinajstić information content (AvgIpc) is 3.06. The van der Waals surface area contributed by atoms with E-state index in [0.717, 1.165) is 50.0 Å². The van der Waals surface area contributed by atoms with E-state index in [1.807, 2.05) is 4.68 Å². The lowest BCUT2D eigenvalue weighted by atomic mass is 9.71. The summed E-state index contributed by atoms with van der Waals surface area (Å²) < 4.78 is 2.00. The van der Waals surface area contributed by atoms with Gasteiger partial charge in [-0.25, -0.2) is 9.67 Å². The Balaban J connectivity index is 1.10. The Morgan fingerprint density at radius 3 is 2.14 bits per heavy atom. The Hall–Kier alpha value is -2.60. The van der Waals surface area contributed by atoms with E-state index in [1.54, 1.807) is 0 Å². The molecule has 6 rings (SSSR count). The lowest BCUT2D eigenvalue weighted by molar-refractivity contribution is 0.0757. The molecule has 1 spiro atoms. The molecule has 3 saturated heterocycles. The van der Waals surface area contributed by atoms with Gasteiger partial charge >= 0.3 is 0 Å². The largest absolute Gasteiger partial charge is 0.357 e. The predicted molar refractivity (Wildman–Crippen MR) is 144 cm³/mol. The Bertz CT molecular complexity index is 1110. The predicted octanol–water partition coefficient (Wildman–Crippen LogP) is 5.23. The summed E-state index contributed by atoms with van der Waals surface area (Å²) in [5.74, 6) is 2.25. The molecule has 3 aliphatic rings. The van der Waals surface area contributed by atoms with E-state index in [2.05, 4.69) is 64.2 Å². The number of nitrogens with zero attached hydrogens (tertiary/aromatic N) is 6. The summed E-state index contributed by atoms with van der Waals surface area (Å²) in [5, 5.41) is 6.17. The van der Waals surface area contributed by atoms with Crippen LogP contribution in [0.2, 0.25) is 0 Å². The second kappa shape index (κ2) is 9.81. The van der Waals surface area contributed by atoms with E-state index in [4.69, 9.17) is 10.1 Å². The molecule has 0 aliphatic carbocycles. The molecule has 0 radical (unpaired) electrons. The zero-order chi connectivity index (χ0) is 23.7. The second-order valence-electron chi connectivity index (χ2n) is 11.1. The zero-order valence-corrected chi connectivity index (χ0v) is 21.3. The highest BCUT2D eigenvalue weighted by molar-refractivity contribution is 5.89. The SMILES string of the molecule is Cn1nc(N2CCC3(CCN(Cc4ccccc4)CC3)CC2)c2ccc(N3CCCCCC3)nc21. The smallest absolute Gasteiger partial charge is 0.162 e. The first-order chi connectivity index (χ1) is 17.2. The lowest BCUT2D eigenvalue weighted by Crippen LogP contribution is -2.46. The summed E-state index contributed by atoms with van der Waals surface area (Å²) in [6.07, 6.45) is 10.5. The minimum absolute atomic E-state index is 0.520. The van der Waals surface area contributed by atoms with E-state index in [-0.39, 0.29) is 0 Å². The van der Waals surface area contributed by atoms with Gasteiger partial charge < -0.3 is 9.80 Å². The second-order valence-corrected chi connectivity index (χ2v) is 11.1. The van der Waals surface area contributed by atoms with Gasteiger partial charge in [0.15, 0.2) is 11.5 Å². The third-order valence-electron chi connectivity index (χ3n) is 8.87. The highest BCUT2D eigenvalue weighted by Gasteiger charge is 2.38. The van der Waals surface area contributed by atoms with Crippen LogP contribution in [0.25, 0.3) is 11.0 Å². The van der Waals surface area contributed by atoms with Crippen LogP contribution in [-0.2, 0) is 13.6 Å². The minimum atomic E-state index is 0.520. The fourth-order valence-corrected chi connectivity index (χ4v) is 6.53. The molecule has 3 aliphatic heterocycles. The minimum Gasteiger partial charge on any atom is -0.357 e. The number of hydrogen-bond acceptors (Lipinski definition) is 5. The first kappa shape index (κ1) is 22.8. The molecule has 1 aromatic carbocycles. The molecular formula is C29H40N6. The molecule has 6 heteroatoms. The van der Waals surface area contributed by atoms with Crippen molar-refractivity contribution in [1.29, 1.82) is 0 Å². The van der Waals surface area contributed by atoms with Gasteiger partial charge in [-0.2, -0.15) is 5.10 Å². The standard InChI is InChI=1S/C29H40N6/c1-32-27-25(11-12-26(30-27)34-17-7-2-3-8-18-34)28(31-32)35-21-15-29(16-22-35)13-19-33(20-14-29)23-24-9-5-4-6-10-24/h4-6,9-12H,2-3,7-8,13-23H2,1H3. The molecule has 0 amide bonds. The van der Waals surface area contributed by atoms with Gasteiger partial charge in [-0.15, -0.1) is 0 Å². The van der Waals surface area contributed by atoms with Gasteiger partial charge in [-0.1, -0.05) is 43.2 Å². The van der Waals surface area contributed by atoms with Crippen LogP contribution < -0.4 is 9.80 Å². The van der Waals surface area contributed by atoms with Crippen molar-refractivity contribution in [3.8, 4) is 0 Å². The van der Waals surface area contributed by atoms with Gasteiger partial charge in [0, 0.05) is 39.8 Å². The first-order valence-electron chi connectivity index (χ1n) is 13.8. The van der Waals surface area contributed by atoms with Crippen molar-refractivity contribution in [2.75, 3.05) is 49.1 Å². The zero-order valence-electron chi connectivity index (χ0n) is 21.3. The Labute approximate surface area is 209 Å². The monoisotopic (exact) mass is 472 g/mol. The Morgan fingerprint density at radius 1 is 0.743 bits per heavy atom. The molecule has 2 aromatic heterocycles. The molecule has 6 nitrogen and oxygen atoms in total. The van der Waals surface area contributed by atoms with Gasteiger partial charge in [0.05, 0.1) is 5.39 Å². The fourth-order valence-electron chi connectivity index (χ4n) is 6.53. The normalized spacial score (nSPS) is 21.5. The average molecular weight is 473 g/mol. The van der Waals surface area contributed by atoms with Crippen molar-refractivity contribution < 1.29 is 0 Å². The number of rotatable bonds is 4. The molecule has 186 valence electrons. The molecule has 0 saturated carbocycles. The van der Waals surface area contributed by atoms with Crippen LogP contribution in [0.5, 0.6) is 0 Å². The van der Waals surface area contributed by atoms with Crippen molar-refractivity contribution in [1.82, 2.24) is 19.7 Å². The Morgan fingerprint density at radius 2 is 1.43 bits per heavy atom. The maximum atomic E-state index is 5.08. The van der Waals surface area contributed by atoms with Crippen molar-refractivity contribution in [3.05, 3.63) is 48.0 Å². The molecule has 0 unspecified atom stereocenters. The molecule has 0 bridgehead atoms. The molecular weight excluding hydrogens is 432 g/mol. The van der Waals surface area contributed by atoms with Crippen LogP contribution in [0.4, 0.5) is 11.6 Å². The Kier molecular flexibility index (Phi) is 6.40. The number of likely N-dealkylation sites (tertiary alicyclic amines) is 1. The summed E-state index contributed by atoms with van der Waals surface area (Å²) in [6, 6.07) is 15.4. The fraction of sp³-hybridized carbons (Fsp3) is 0.586. The van der Waals surface area contributed by atoms with Gasteiger partial charge in [-0.3, -0.25) is 4.90 Å².